The number of sulfonamides is 1. The van der Waals surface area contributed by atoms with Crippen molar-refractivity contribution in [3.8, 4) is 0 Å². The third kappa shape index (κ3) is 4.31. The van der Waals surface area contributed by atoms with Crippen LogP contribution in [0.15, 0.2) is 41.3 Å². The molecule has 0 saturated carbocycles. The third-order valence-electron chi connectivity index (χ3n) is 6.44. The van der Waals surface area contributed by atoms with Gasteiger partial charge in [0, 0.05) is 37.5 Å². The summed E-state index contributed by atoms with van der Waals surface area (Å²) in [6.07, 6.45) is 1.22. The van der Waals surface area contributed by atoms with Crippen molar-refractivity contribution in [2.45, 2.75) is 50.7 Å². The van der Waals surface area contributed by atoms with E-state index in [1.165, 1.54) is 4.31 Å². The van der Waals surface area contributed by atoms with Gasteiger partial charge < -0.3 is 9.64 Å². The average Bonchev–Trinajstić information content (AvgIpc) is 3.13. The molecule has 0 unspecified atom stereocenters. The first-order valence-electron chi connectivity index (χ1n) is 10.9. The largest absolute Gasteiger partial charge is 0.358 e. The lowest BCUT2D eigenvalue weighted by Crippen LogP contribution is -2.56. The fraction of sp³-hybridized carbons (Fsp3) is 0.458. The number of carbonyl (C=O) groups excluding carboxylic acids is 1. The van der Waals surface area contributed by atoms with E-state index in [0.29, 0.717) is 55.4 Å². The van der Waals surface area contributed by atoms with E-state index in [-0.39, 0.29) is 5.91 Å². The van der Waals surface area contributed by atoms with Gasteiger partial charge in [-0.1, -0.05) is 41.4 Å². The molecule has 2 saturated heterocycles. The minimum absolute atomic E-state index is 0.0276. The van der Waals surface area contributed by atoms with Crippen LogP contribution in [0.4, 0.5) is 0 Å². The Labute approximate surface area is 195 Å². The lowest BCUT2D eigenvalue weighted by atomic mass is 10.00. The number of likely N-dealkylation sites (tertiary alicyclic amines) is 1. The zero-order chi connectivity index (χ0) is 23.1. The van der Waals surface area contributed by atoms with Crippen molar-refractivity contribution >= 4 is 27.5 Å². The lowest BCUT2D eigenvalue weighted by molar-refractivity contribution is -0.139. The van der Waals surface area contributed by atoms with Crippen LogP contribution in [0.3, 0.4) is 0 Å². The first kappa shape index (κ1) is 23.2. The molecule has 4 rings (SSSR count). The van der Waals surface area contributed by atoms with Gasteiger partial charge in [-0.15, -0.1) is 0 Å². The van der Waals surface area contributed by atoms with Gasteiger partial charge in [-0.25, -0.2) is 8.42 Å². The van der Waals surface area contributed by atoms with E-state index in [0.717, 1.165) is 22.3 Å². The van der Waals surface area contributed by atoms with Gasteiger partial charge in [0.05, 0.1) is 17.9 Å². The topological polar surface area (TPSA) is 66.9 Å². The monoisotopic (exact) mass is 476 g/mol. The van der Waals surface area contributed by atoms with Crippen LogP contribution in [0.5, 0.6) is 0 Å². The molecule has 0 atom stereocenters. The van der Waals surface area contributed by atoms with Gasteiger partial charge in [-0.05, 0) is 49.6 Å². The molecule has 2 fully saturated rings. The smallest absolute Gasteiger partial charge is 0.246 e. The molecule has 2 aliphatic heterocycles. The summed E-state index contributed by atoms with van der Waals surface area (Å²) in [5.41, 5.74) is 2.56. The van der Waals surface area contributed by atoms with E-state index in [1.54, 1.807) is 17.0 Å². The predicted octanol–water partition coefficient (Wildman–Crippen LogP) is 3.85. The maximum Gasteiger partial charge on any atom is 0.246 e. The van der Waals surface area contributed by atoms with Crippen LogP contribution in [-0.4, -0.2) is 55.5 Å². The second kappa shape index (κ2) is 8.78. The Morgan fingerprint density at radius 1 is 1.03 bits per heavy atom. The molecule has 2 aromatic rings. The molecule has 32 heavy (non-hydrogen) atoms. The maximum absolute atomic E-state index is 13.7. The molecule has 172 valence electrons. The first-order valence-corrected chi connectivity index (χ1v) is 12.7. The van der Waals surface area contributed by atoms with E-state index in [4.69, 9.17) is 16.3 Å². The number of aryl methyl sites for hydroxylation is 3. The Kier molecular flexibility index (Phi) is 6.38. The molecule has 0 radical (unpaired) electrons. The molecule has 1 amide bonds. The van der Waals surface area contributed by atoms with Crippen molar-refractivity contribution in [2.75, 3.05) is 26.2 Å². The highest BCUT2D eigenvalue weighted by Gasteiger charge is 2.51. The highest BCUT2D eigenvalue weighted by molar-refractivity contribution is 7.89. The van der Waals surface area contributed by atoms with Crippen LogP contribution < -0.4 is 0 Å². The average molecular weight is 477 g/mol. The SMILES string of the molecule is Cc1cc(C)c(S(=O)(=O)N2CCOC23CCN(C(=O)Cc2ccc(Cl)cc2)CC3)c(C)c1. The number of hydrogen-bond acceptors (Lipinski definition) is 4. The lowest BCUT2D eigenvalue weighted by Gasteiger charge is -2.43. The summed E-state index contributed by atoms with van der Waals surface area (Å²) in [5, 5.41) is 0.639. The first-order chi connectivity index (χ1) is 15.1. The molecule has 0 aliphatic carbocycles. The molecule has 1 spiro atoms. The number of nitrogens with zero attached hydrogens (tertiary/aromatic N) is 2. The standard InChI is InChI=1S/C24H29ClN2O4S/c1-17-14-18(2)23(19(3)15-17)32(29,30)27-12-13-31-24(27)8-10-26(11-9-24)22(28)16-20-4-6-21(25)7-5-20/h4-7,14-15H,8-13,16H2,1-3H3. The Morgan fingerprint density at radius 3 is 2.22 bits per heavy atom. The molecular formula is C24H29ClN2O4S. The summed E-state index contributed by atoms with van der Waals surface area (Å²) in [4.78, 5) is 15.0. The number of benzene rings is 2. The number of hydrogen-bond donors (Lipinski definition) is 0. The van der Waals surface area contributed by atoms with Gasteiger partial charge in [-0.2, -0.15) is 4.31 Å². The minimum Gasteiger partial charge on any atom is -0.358 e. The highest BCUT2D eigenvalue weighted by atomic mass is 35.5. The molecule has 2 aliphatic rings. The third-order valence-corrected chi connectivity index (χ3v) is 8.95. The van der Waals surface area contributed by atoms with Crippen molar-refractivity contribution < 1.29 is 17.9 Å². The van der Waals surface area contributed by atoms with Gasteiger partial charge in [0.25, 0.3) is 0 Å². The Balaban J connectivity index is 1.50. The Bertz CT molecular complexity index is 1100. The molecule has 6 nitrogen and oxygen atoms in total. The van der Waals surface area contributed by atoms with E-state index in [9.17, 15) is 13.2 Å². The second-order valence-electron chi connectivity index (χ2n) is 8.78. The number of halogens is 1. The van der Waals surface area contributed by atoms with Crippen molar-refractivity contribution in [3.05, 3.63) is 63.7 Å². The maximum atomic E-state index is 13.7. The van der Waals surface area contributed by atoms with E-state index >= 15 is 0 Å². The van der Waals surface area contributed by atoms with E-state index in [2.05, 4.69) is 0 Å². The van der Waals surface area contributed by atoms with Gasteiger partial charge in [-0.3, -0.25) is 4.79 Å². The Morgan fingerprint density at radius 2 is 1.62 bits per heavy atom. The second-order valence-corrected chi connectivity index (χ2v) is 11.0. The highest BCUT2D eigenvalue weighted by Crippen LogP contribution is 2.39. The van der Waals surface area contributed by atoms with Gasteiger partial charge in [0.1, 0.15) is 5.72 Å². The zero-order valence-electron chi connectivity index (χ0n) is 18.7. The number of amides is 1. The summed E-state index contributed by atoms with van der Waals surface area (Å²) in [6.45, 7) is 7.26. The van der Waals surface area contributed by atoms with Crippen LogP contribution in [0.1, 0.15) is 35.1 Å². The fourth-order valence-electron chi connectivity index (χ4n) is 5.01. The number of piperidine rings is 1. The molecular weight excluding hydrogens is 448 g/mol. The Hall–Kier alpha value is -1.93. The molecule has 0 aromatic heterocycles. The van der Waals surface area contributed by atoms with Gasteiger partial charge in [0.15, 0.2) is 0 Å². The van der Waals surface area contributed by atoms with Crippen LogP contribution >= 0.6 is 11.6 Å². The van der Waals surface area contributed by atoms with Crippen LogP contribution in [0.2, 0.25) is 5.02 Å². The number of carbonyl (C=O) groups is 1. The molecule has 2 heterocycles. The minimum atomic E-state index is -3.72. The summed E-state index contributed by atoms with van der Waals surface area (Å²) in [5.74, 6) is 0.0276. The predicted molar refractivity (Wildman–Crippen MR) is 124 cm³/mol. The molecule has 2 aromatic carbocycles. The van der Waals surface area contributed by atoms with Crippen LogP contribution in [0, 0.1) is 20.8 Å². The zero-order valence-corrected chi connectivity index (χ0v) is 20.3. The van der Waals surface area contributed by atoms with Crippen molar-refractivity contribution in [1.29, 1.82) is 0 Å². The van der Waals surface area contributed by atoms with E-state index in [1.807, 2.05) is 45.0 Å². The number of ether oxygens (including phenoxy) is 1. The van der Waals surface area contributed by atoms with E-state index < -0.39 is 15.7 Å². The van der Waals surface area contributed by atoms with Crippen LogP contribution in [0.25, 0.3) is 0 Å². The summed E-state index contributed by atoms with van der Waals surface area (Å²) >= 11 is 5.93. The van der Waals surface area contributed by atoms with Crippen LogP contribution in [-0.2, 0) is 26.0 Å². The molecule has 0 N–H and O–H groups in total. The molecule has 8 heteroatoms. The van der Waals surface area contributed by atoms with Gasteiger partial charge >= 0.3 is 0 Å². The fourth-order valence-corrected chi connectivity index (χ4v) is 7.27. The van der Waals surface area contributed by atoms with Crippen molar-refractivity contribution in [1.82, 2.24) is 9.21 Å². The quantitative estimate of drug-likeness (QED) is 0.672. The summed E-state index contributed by atoms with van der Waals surface area (Å²) < 4.78 is 35.0. The van der Waals surface area contributed by atoms with Gasteiger partial charge in [0.2, 0.25) is 15.9 Å². The summed E-state index contributed by atoms with van der Waals surface area (Å²) in [6, 6.07) is 11.1. The van der Waals surface area contributed by atoms with Crippen molar-refractivity contribution in [2.24, 2.45) is 0 Å². The summed E-state index contributed by atoms with van der Waals surface area (Å²) in [7, 11) is -3.72. The number of rotatable bonds is 4. The normalized spacial score (nSPS) is 18.9. The van der Waals surface area contributed by atoms with Crippen molar-refractivity contribution in [3.63, 3.8) is 0 Å². The molecule has 0 bridgehead atoms.